The van der Waals surface area contributed by atoms with Crippen molar-refractivity contribution in [2.75, 3.05) is 5.32 Å². The number of Topliss-reactive ketones (excluding diaryl/α,β-unsaturated/α-hetero) is 1. The first-order valence-corrected chi connectivity index (χ1v) is 10.9. The smallest absolute Gasteiger partial charge is 0.265 e. The van der Waals surface area contributed by atoms with Gasteiger partial charge in [-0.3, -0.25) is 9.59 Å². The van der Waals surface area contributed by atoms with Crippen molar-refractivity contribution in [3.8, 4) is 11.1 Å². The molecule has 0 unspecified atom stereocenters. The lowest BCUT2D eigenvalue weighted by Gasteiger charge is -2.36. The Bertz CT molecular complexity index is 1180. The number of nitrogens with one attached hydrogen (secondary N) is 2. The van der Waals surface area contributed by atoms with E-state index in [9.17, 15) is 9.59 Å². The molecule has 3 heterocycles. The summed E-state index contributed by atoms with van der Waals surface area (Å²) in [6, 6.07) is 7.47. The first-order valence-electron chi connectivity index (χ1n) is 9.73. The molecular weight excluding hydrogens is 406 g/mol. The summed E-state index contributed by atoms with van der Waals surface area (Å²) in [6.07, 6.45) is 3.94. The molecule has 1 aliphatic heterocycles. The number of aryl methyl sites for hydroxylation is 1. The van der Waals surface area contributed by atoms with Crippen molar-refractivity contribution >= 4 is 50.5 Å². The van der Waals surface area contributed by atoms with Crippen molar-refractivity contribution in [1.29, 1.82) is 0 Å². The third-order valence-electron chi connectivity index (χ3n) is 5.89. The molecule has 1 fully saturated rings. The summed E-state index contributed by atoms with van der Waals surface area (Å²) in [6.45, 7) is 3.41. The average molecular weight is 426 g/mol. The van der Waals surface area contributed by atoms with Crippen LogP contribution < -0.4 is 10.6 Å². The molecule has 2 aromatic heterocycles. The van der Waals surface area contributed by atoms with E-state index >= 15 is 0 Å². The van der Waals surface area contributed by atoms with Crippen LogP contribution in [0.3, 0.4) is 0 Å². The van der Waals surface area contributed by atoms with E-state index in [1.807, 2.05) is 31.2 Å². The number of benzene rings is 1. The zero-order chi connectivity index (χ0) is 20.3. The Morgan fingerprint density at radius 1 is 1.17 bits per heavy atom. The number of carbonyl (C=O) groups is 2. The quantitative estimate of drug-likeness (QED) is 0.528. The summed E-state index contributed by atoms with van der Waals surface area (Å²) < 4.78 is 0. The van der Waals surface area contributed by atoms with Crippen LogP contribution in [0.5, 0.6) is 0 Å². The molecule has 29 heavy (non-hydrogen) atoms. The van der Waals surface area contributed by atoms with Crippen LogP contribution in [0, 0.1) is 6.92 Å². The predicted octanol–water partition coefficient (Wildman–Crippen LogP) is 5.55. The van der Waals surface area contributed by atoms with E-state index in [0.29, 0.717) is 21.2 Å². The Kier molecular flexibility index (Phi) is 4.19. The van der Waals surface area contributed by atoms with Crippen LogP contribution >= 0.6 is 22.9 Å². The van der Waals surface area contributed by atoms with E-state index < -0.39 is 5.66 Å². The Labute approximate surface area is 177 Å². The van der Waals surface area contributed by atoms with Crippen LogP contribution in [0.25, 0.3) is 21.3 Å². The average Bonchev–Trinajstić information content (AvgIpc) is 3.26. The van der Waals surface area contributed by atoms with Crippen LogP contribution in [-0.4, -0.2) is 22.3 Å². The molecule has 0 atom stereocenters. The highest BCUT2D eigenvalue weighted by molar-refractivity contribution is 7.21. The molecule has 7 heteroatoms. The molecule has 1 saturated carbocycles. The van der Waals surface area contributed by atoms with Crippen molar-refractivity contribution in [3.05, 3.63) is 45.4 Å². The molecule has 1 amide bonds. The van der Waals surface area contributed by atoms with Gasteiger partial charge in [-0.05, 0) is 57.2 Å². The minimum absolute atomic E-state index is 0.0439. The molecule has 2 N–H and O–H groups in total. The number of carbonyl (C=O) groups excluding carboxylic acids is 2. The highest BCUT2D eigenvalue weighted by Gasteiger charge is 2.42. The number of nitrogens with zero attached hydrogens (tertiary/aromatic N) is 1. The number of amides is 1. The highest BCUT2D eigenvalue weighted by Crippen LogP contribution is 2.47. The van der Waals surface area contributed by atoms with Crippen molar-refractivity contribution in [1.82, 2.24) is 10.3 Å². The Hall–Kier alpha value is -2.44. The van der Waals surface area contributed by atoms with Gasteiger partial charge in [0.25, 0.3) is 5.91 Å². The highest BCUT2D eigenvalue weighted by atomic mass is 35.5. The SMILES string of the molecule is CC(=O)c1c(C)nc2sc3c(c2c1-c1ccc(Cl)cc1)NC1(CCCC1)NC3=O. The summed E-state index contributed by atoms with van der Waals surface area (Å²) in [4.78, 5) is 31.7. The summed E-state index contributed by atoms with van der Waals surface area (Å²) in [7, 11) is 0. The number of pyridine rings is 1. The number of anilines is 1. The van der Waals surface area contributed by atoms with E-state index in [1.54, 1.807) is 6.92 Å². The lowest BCUT2D eigenvalue weighted by molar-refractivity contribution is 0.0906. The normalized spacial score (nSPS) is 17.3. The van der Waals surface area contributed by atoms with Gasteiger partial charge in [0, 0.05) is 21.5 Å². The maximum absolute atomic E-state index is 13.0. The molecule has 0 bridgehead atoms. The summed E-state index contributed by atoms with van der Waals surface area (Å²) in [5, 5.41) is 8.30. The van der Waals surface area contributed by atoms with Gasteiger partial charge in [0.1, 0.15) is 15.4 Å². The van der Waals surface area contributed by atoms with Crippen molar-refractivity contribution in [3.63, 3.8) is 0 Å². The molecule has 0 saturated heterocycles. The van der Waals surface area contributed by atoms with Crippen LogP contribution in [0.4, 0.5) is 5.69 Å². The number of hydrogen-bond acceptors (Lipinski definition) is 5. The Morgan fingerprint density at radius 2 is 1.86 bits per heavy atom. The Morgan fingerprint density at radius 3 is 2.52 bits per heavy atom. The molecular formula is C22H20ClN3O2S. The van der Waals surface area contributed by atoms with E-state index in [-0.39, 0.29) is 11.7 Å². The zero-order valence-electron chi connectivity index (χ0n) is 16.2. The van der Waals surface area contributed by atoms with Gasteiger partial charge in [-0.15, -0.1) is 11.3 Å². The second-order valence-electron chi connectivity index (χ2n) is 7.86. The van der Waals surface area contributed by atoms with Gasteiger partial charge in [-0.2, -0.15) is 0 Å². The molecule has 1 aliphatic carbocycles. The van der Waals surface area contributed by atoms with Gasteiger partial charge in [0.15, 0.2) is 5.78 Å². The molecule has 1 aromatic carbocycles. The monoisotopic (exact) mass is 425 g/mol. The van der Waals surface area contributed by atoms with Crippen molar-refractivity contribution < 1.29 is 9.59 Å². The molecule has 2 aliphatic rings. The molecule has 1 spiro atoms. The van der Waals surface area contributed by atoms with Gasteiger partial charge in [-0.25, -0.2) is 4.98 Å². The lowest BCUT2D eigenvalue weighted by atomic mass is 9.92. The lowest BCUT2D eigenvalue weighted by Crippen LogP contribution is -2.55. The maximum Gasteiger partial charge on any atom is 0.265 e. The standard InChI is InChI=1S/C22H20ClN3O2S/c1-11-15(12(2)27)16(13-5-7-14(23)8-6-13)17-18-19(29-21(17)24-11)20(28)26-22(25-18)9-3-4-10-22/h5-8,25H,3-4,9-10H2,1-2H3,(H,26,28). The predicted molar refractivity (Wildman–Crippen MR) is 117 cm³/mol. The van der Waals surface area contributed by atoms with Crippen LogP contribution in [0.2, 0.25) is 5.02 Å². The van der Waals surface area contributed by atoms with Crippen molar-refractivity contribution in [2.45, 2.75) is 45.2 Å². The topological polar surface area (TPSA) is 71.1 Å². The number of rotatable bonds is 2. The second kappa shape index (κ2) is 6.54. The van der Waals surface area contributed by atoms with E-state index in [1.165, 1.54) is 11.3 Å². The largest absolute Gasteiger partial charge is 0.361 e. The summed E-state index contributed by atoms with van der Waals surface area (Å²) in [5.74, 6) is -0.106. The van der Waals surface area contributed by atoms with Gasteiger partial charge in [-0.1, -0.05) is 23.7 Å². The second-order valence-corrected chi connectivity index (χ2v) is 9.30. The van der Waals surface area contributed by atoms with Gasteiger partial charge in [0.2, 0.25) is 0 Å². The fraction of sp³-hybridized carbons (Fsp3) is 0.318. The third-order valence-corrected chi connectivity index (χ3v) is 7.22. The fourth-order valence-electron chi connectivity index (χ4n) is 4.63. The van der Waals surface area contributed by atoms with Crippen LogP contribution in [0.1, 0.15) is 58.3 Å². The number of aromatic nitrogens is 1. The van der Waals surface area contributed by atoms with Gasteiger partial charge < -0.3 is 10.6 Å². The number of ketones is 1. The molecule has 0 radical (unpaired) electrons. The van der Waals surface area contributed by atoms with Crippen molar-refractivity contribution in [2.24, 2.45) is 0 Å². The van der Waals surface area contributed by atoms with E-state index in [0.717, 1.165) is 52.7 Å². The summed E-state index contributed by atoms with van der Waals surface area (Å²) >= 11 is 7.48. The zero-order valence-corrected chi connectivity index (χ0v) is 17.8. The number of fused-ring (bicyclic) bond motifs is 3. The minimum atomic E-state index is -0.406. The molecule has 5 rings (SSSR count). The van der Waals surface area contributed by atoms with Crippen LogP contribution in [-0.2, 0) is 0 Å². The van der Waals surface area contributed by atoms with Crippen LogP contribution in [0.15, 0.2) is 24.3 Å². The van der Waals surface area contributed by atoms with E-state index in [2.05, 4.69) is 10.6 Å². The number of hydrogen-bond donors (Lipinski definition) is 2. The first kappa shape index (κ1) is 18.6. The van der Waals surface area contributed by atoms with E-state index in [4.69, 9.17) is 16.6 Å². The molecule has 5 nitrogen and oxygen atoms in total. The number of halogens is 1. The molecule has 148 valence electrons. The minimum Gasteiger partial charge on any atom is -0.361 e. The Balaban J connectivity index is 1.86. The third kappa shape index (κ3) is 2.85. The first-order chi connectivity index (χ1) is 13.9. The fourth-order valence-corrected chi connectivity index (χ4v) is 5.84. The van der Waals surface area contributed by atoms with Gasteiger partial charge in [0.05, 0.1) is 11.4 Å². The van der Waals surface area contributed by atoms with Gasteiger partial charge >= 0.3 is 0 Å². The maximum atomic E-state index is 13.0. The molecule has 3 aromatic rings. The summed E-state index contributed by atoms with van der Waals surface area (Å²) in [5.41, 5.74) is 3.37. The number of thiophene rings is 1.